The van der Waals surface area contributed by atoms with Crippen LogP contribution in [0.4, 0.5) is 0 Å². The Balaban J connectivity index is 1.67. The molecule has 156 valence electrons. The molecule has 1 aromatic carbocycles. The van der Waals surface area contributed by atoms with Crippen molar-refractivity contribution in [2.75, 3.05) is 26.8 Å². The molecule has 1 N–H and O–H groups in total. The van der Waals surface area contributed by atoms with Gasteiger partial charge in [0.05, 0.1) is 18.6 Å². The van der Waals surface area contributed by atoms with Gasteiger partial charge in [0.25, 0.3) is 5.91 Å². The molecule has 0 saturated carbocycles. The summed E-state index contributed by atoms with van der Waals surface area (Å²) in [4.78, 5) is 29.6. The van der Waals surface area contributed by atoms with E-state index >= 15 is 0 Å². The van der Waals surface area contributed by atoms with Crippen molar-refractivity contribution in [3.05, 3.63) is 80.2 Å². The minimum absolute atomic E-state index is 0.0500. The normalized spacial score (nSPS) is 18.3. The largest absolute Gasteiger partial charge is 0.383 e. The molecule has 0 saturated heterocycles. The van der Waals surface area contributed by atoms with Gasteiger partial charge in [0.15, 0.2) is 0 Å². The Morgan fingerprint density at radius 2 is 2.03 bits per heavy atom. The van der Waals surface area contributed by atoms with Crippen molar-refractivity contribution in [3.8, 4) is 0 Å². The fourth-order valence-corrected chi connectivity index (χ4v) is 5.54. The van der Waals surface area contributed by atoms with Crippen LogP contribution in [0.25, 0.3) is 0 Å². The molecule has 30 heavy (non-hydrogen) atoms. The summed E-state index contributed by atoms with van der Waals surface area (Å²) in [6.45, 7) is 1.42. The van der Waals surface area contributed by atoms with Gasteiger partial charge in [-0.2, -0.15) is 11.3 Å². The number of hydrogen-bond donors (Lipinski definition) is 1. The summed E-state index contributed by atoms with van der Waals surface area (Å²) in [5, 5.41) is 9.24. The van der Waals surface area contributed by atoms with Gasteiger partial charge in [-0.15, -0.1) is 11.3 Å². The number of hydrogen-bond acceptors (Lipinski definition) is 5. The number of methoxy groups -OCH3 is 1. The minimum Gasteiger partial charge on any atom is -0.383 e. The monoisotopic (exact) mass is 440 g/mol. The molecule has 2 amide bonds. The van der Waals surface area contributed by atoms with Crippen LogP contribution in [0.2, 0.25) is 0 Å². The van der Waals surface area contributed by atoms with Gasteiger partial charge >= 0.3 is 0 Å². The zero-order valence-corrected chi connectivity index (χ0v) is 18.4. The van der Waals surface area contributed by atoms with E-state index in [9.17, 15) is 9.59 Å². The molecule has 0 bridgehead atoms. The van der Waals surface area contributed by atoms with E-state index in [0.29, 0.717) is 25.3 Å². The van der Waals surface area contributed by atoms with Crippen LogP contribution < -0.4 is 5.32 Å². The number of benzene rings is 1. The first-order chi connectivity index (χ1) is 14.7. The van der Waals surface area contributed by atoms with Gasteiger partial charge in [0, 0.05) is 30.6 Å². The Morgan fingerprint density at radius 3 is 2.77 bits per heavy atom. The first-order valence-corrected chi connectivity index (χ1v) is 11.7. The van der Waals surface area contributed by atoms with Gasteiger partial charge in [-0.05, 0) is 51.9 Å². The molecule has 5 nitrogen and oxygen atoms in total. The highest BCUT2D eigenvalue weighted by atomic mass is 32.1. The Kier molecular flexibility index (Phi) is 6.62. The molecule has 0 unspecified atom stereocenters. The summed E-state index contributed by atoms with van der Waals surface area (Å²) in [5.41, 5.74) is 2.61. The van der Waals surface area contributed by atoms with Gasteiger partial charge in [-0.1, -0.05) is 24.3 Å². The highest BCUT2D eigenvalue weighted by molar-refractivity contribution is 7.10. The van der Waals surface area contributed by atoms with Gasteiger partial charge in [-0.25, -0.2) is 0 Å². The van der Waals surface area contributed by atoms with Crippen molar-refractivity contribution in [2.45, 2.75) is 18.4 Å². The van der Waals surface area contributed by atoms with Crippen molar-refractivity contribution < 1.29 is 14.3 Å². The number of rotatable bonds is 8. The number of carbonyl (C=O) groups excluding carboxylic acids is 2. The number of thiophene rings is 2. The second-order valence-corrected chi connectivity index (χ2v) is 8.95. The fourth-order valence-electron chi connectivity index (χ4n) is 3.96. The predicted molar refractivity (Wildman–Crippen MR) is 120 cm³/mol. The molecule has 0 spiro atoms. The molecule has 0 fully saturated rings. The highest BCUT2D eigenvalue weighted by Gasteiger charge is 2.44. The molecule has 1 aliphatic rings. The van der Waals surface area contributed by atoms with E-state index in [-0.39, 0.29) is 17.9 Å². The Labute approximate surface area is 184 Å². The van der Waals surface area contributed by atoms with Crippen molar-refractivity contribution in [2.24, 2.45) is 0 Å². The first-order valence-electron chi connectivity index (χ1n) is 9.91. The number of nitrogens with zero attached hydrogens (tertiary/aromatic N) is 1. The average molecular weight is 441 g/mol. The van der Waals surface area contributed by atoms with Crippen molar-refractivity contribution in [3.63, 3.8) is 0 Å². The third kappa shape index (κ3) is 4.19. The lowest BCUT2D eigenvalue weighted by atomic mass is 9.81. The minimum atomic E-state index is -0.461. The zero-order valence-electron chi connectivity index (χ0n) is 16.7. The first kappa shape index (κ1) is 20.8. The van der Waals surface area contributed by atoms with Crippen LogP contribution in [0.1, 0.15) is 38.3 Å². The summed E-state index contributed by atoms with van der Waals surface area (Å²) >= 11 is 3.23. The fraction of sp³-hybridized carbons (Fsp3) is 0.304. The molecular weight excluding hydrogens is 416 g/mol. The quantitative estimate of drug-likeness (QED) is 0.574. The maximum absolute atomic E-state index is 13.4. The van der Waals surface area contributed by atoms with Gasteiger partial charge in [0.2, 0.25) is 5.91 Å². The second kappa shape index (κ2) is 9.55. The van der Waals surface area contributed by atoms with Crippen LogP contribution in [-0.4, -0.2) is 43.5 Å². The third-order valence-corrected chi connectivity index (χ3v) is 7.06. The van der Waals surface area contributed by atoms with Crippen LogP contribution in [0.5, 0.6) is 0 Å². The van der Waals surface area contributed by atoms with E-state index in [2.05, 4.69) is 16.8 Å². The van der Waals surface area contributed by atoms with E-state index in [0.717, 1.165) is 16.9 Å². The van der Waals surface area contributed by atoms with Crippen LogP contribution in [0.3, 0.4) is 0 Å². The van der Waals surface area contributed by atoms with Crippen LogP contribution in [0.15, 0.2) is 58.6 Å². The molecule has 4 rings (SSSR count). The van der Waals surface area contributed by atoms with Gasteiger partial charge in [-0.3, -0.25) is 9.59 Å². The zero-order chi connectivity index (χ0) is 20.9. The van der Waals surface area contributed by atoms with Crippen LogP contribution >= 0.6 is 22.7 Å². The molecule has 3 aromatic rings. The molecule has 1 aliphatic heterocycles. The second-order valence-electron chi connectivity index (χ2n) is 7.19. The number of carbonyl (C=O) groups is 2. The van der Waals surface area contributed by atoms with Crippen LogP contribution in [-0.2, 0) is 16.0 Å². The Morgan fingerprint density at radius 1 is 1.17 bits per heavy atom. The molecule has 2 atom stereocenters. The highest BCUT2D eigenvalue weighted by Crippen LogP contribution is 2.44. The van der Waals surface area contributed by atoms with Crippen molar-refractivity contribution in [1.82, 2.24) is 10.2 Å². The summed E-state index contributed by atoms with van der Waals surface area (Å²) in [6.07, 6.45) is 0.791. The Hall–Kier alpha value is -2.48. The molecule has 7 heteroatoms. The van der Waals surface area contributed by atoms with Gasteiger partial charge < -0.3 is 15.0 Å². The third-order valence-electron chi connectivity index (χ3n) is 5.39. The molecule has 0 aliphatic carbocycles. The number of amides is 2. The van der Waals surface area contributed by atoms with E-state index < -0.39 is 5.92 Å². The molecule has 2 aromatic heterocycles. The Bertz CT molecular complexity index is 986. The summed E-state index contributed by atoms with van der Waals surface area (Å²) in [5.74, 6) is -0.564. The van der Waals surface area contributed by atoms with E-state index in [1.54, 1.807) is 34.7 Å². The maximum atomic E-state index is 13.4. The van der Waals surface area contributed by atoms with Crippen molar-refractivity contribution >= 4 is 34.5 Å². The van der Waals surface area contributed by atoms with Crippen LogP contribution in [0, 0.1) is 0 Å². The smallest absolute Gasteiger partial charge is 0.254 e. The lowest BCUT2D eigenvalue weighted by molar-refractivity contribution is -0.124. The number of ether oxygens (including phenoxy) is 1. The molecule has 3 heterocycles. The molecular formula is C23H24N2O3S2. The summed E-state index contributed by atoms with van der Waals surface area (Å²) in [7, 11) is 1.62. The number of nitrogens with one attached hydrogen (secondary N) is 1. The molecule has 0 radical (unpaired) electrons. The predicted octanol–water partition coefficient (Wildman–Crippen LogP) is 4.10. The van der Waals surface area contributed by atoms with Crippen molar-refractivity contribution in [1.29, 1.82) is 0 Å². The lowest BCUT2D eigenvalue weighted by Crippen LogP contribution is -2.48. The van der Waals surface area contributed by atoms with Gasteiger partial charge in [0.1, 0.15) is 0 Å². The maximum Gasteiger partial charge on any atom is 0.254 e. The summed E-state index contributed by atoms with van der Waals surface area (Å²) < 4.78 is 5.26. The summed E-state index contributed by atoms with van der Waals surface area (Å²) in [6, 6.07) is 13.2. The topological polar surface area (TPSA) is 58.6 Å². The lowest BCUT2D eigenvalue weighted by Gasteiger charge is -2.41. The van der Waals surface area contributed by atoms with E-state index in [4.69, 9.17) is 4.74 Å². The average Bonchev–Trinajstić information content (AvgIpc) is 3.47. The van der Waals surface area contributed by atoms with E-state index in [1.807, 2.05) is 47.2 Å². The standard InChI is InChI=1S/C23H24N2O3S2/c1-28-12-11-25-21(19-7-4-13-30-19)20(17-5-2-3-6-18(17)23(25)27)22(26)24-10-8-16-9-14-29-15-16/h2-7,9,13-15,20-21H,8,10-12H2,1H3,(H,24,26)/t20-,21+/m0/s1. The SMILES string of the molecule is COCCN1C(=O)c2ccccc2[C@H](C(=O)NCCc2ccsc2)[C@H]1c1cccs1. The van der Waals surface area contributed by atoms with E-state index in [1.165, 1.54) is 5.56 Å². The number of fused-ring (bicyclic) bond motifs is 1.